The standard InChI is InChI=1S/C101H147N15O23S/c1-10-13-14-20-48-115(97(129)73(23-11-2)62-105-94(127)82-29-19-21-47-114(82)49-50-117)83(67(4)5)60-84(138-12-3)96-112-80(66-140-96)93(126)109-77(61-101(8,9)98(130)131)59-69-30-36-75(37-31-69)107-87(120)63-106-100(133)139-65-70-32-38-76(39-33-70)108-91(124)78(27-22-45-104-99(102)132)111-95(128)90(68(6)7)113-92(125)79(40-43-89(122)123)110-86(119)44-51-134-53-55-136-57-58-137-56-54-135-52-46-103-85(118)41-42-88(121)116-64-74-26-16-15-24-71(74)34-35-72-25-17-18-28-81(72)116/h15-18,24-26,28,30-39,62,66-68,73,77-79,82-84,90,96,112,117H,10-14,19-23,27,29,40-61,63-65H2,1-9H3,(H,103,118)(H,106,133)(H,107,120)(H,108,124)(H,109,126)(H,110,119)(H,111,128)(H,113,125)(H,122,123)(H,130,131)(H3,102,104,132)/b35-34-,105-62?/t73?,77-,78-,79-,82?,83+,84+,90-,96?/m0/s1. The second-order valence-corrected chi connectivity index (χ2v) is 37.2. The van der Waals surface area contributed by atoms with Gasteiger partial charge in [-0.1, -0.05) is 153 Å². The van der Waals surface area contributed by atoms with Gasteiger partial charge < -0.3 is 112 Å². The number of rotatable bonds is 64. The molecule has 3 unspecified atom stereocenters. The molecule has 0 saturated carbocycles. The molecule has 0 spiro atoms. The van der Waals surface area contributed by atoms with E-state index in [9.17, 15) is 82.4 Å². The number of aliphatic hydroxyl groups excluding tert-OH is 1. The van der Waals surface area contributed by atoms with Crippen molar-refractivity contribution in [3.05, 3.63) is 136 Å². The average Bonchev–Trinajstić information content (AvgIpc) is 0.935. The summed E-state index contributed by atoms with van der Waals surface area (Å²) in [5.41, 5.74) is 9.81. The molecule has 1 fully saturated rings. The summed E-state index contributed by atoms with van der Waals surface area (Å²) < 4.78 is 34.1. The molecule has 1 saturated heterocycles. The van der Waals surface area contributed by atoms with Crippen molar-refractivity contribution in [3.63, 3.8) is 0 Å². The van der Waals surface area contributed by atoms with Crippen LogP contribution in [0.5, 0.6) is 0 Å². The Kier molecular flexibility index (Phi) is 51.4. The van der Waals surface area contributed by atoms with E-state index in [1.54, 1.807) is 80.6 Å². The Morgan fingerprint density at radius 1 is 0.636 bits per heavy atom. The van der Waals surface area contributed by atoms with Crippen LogP contribution in [0.1, 0.15) is 206 Å². The van der Waals surface area contributed by atoms with Crippen LogP contribution in [0.15, 0.2) is 113 Å². The number of carboxylic acids is 2. The van der Waals surface area contributed by atoms with Gasteiger partial charge >= 0.3 is 24.1 Å². The lowest BCUT2D eigenvalue weighted by Crippen LogP contribution is -2.58. The number of unbranched alkanes of at least 4 members (excludes halogenated alkanes) is 3. The van der Waals surface area contributed by atoms with Gasteiger partial charge in [-0.05, 0) is 162 Å². The molecule has 3 aliphatic heterocycles. The number of carbonyl (C=O) groups excluding carboxylic acids is 12. The van der Waals surface area contributed by atoms with Gasteiger partial charge in [0.25, 0.3) is 11.8 Å². The zero-order valence-corrected chi connectivity index (χ0v) is 83.2. The van der Waals surface area contributed by atoms with Crippen molar-refractivity contribution in [2.24, 2.45) is 33.9 Å². The van der Waals surface area contributed by atoms with Crippen LogP contribution >= 0.6 is 11.8 Å². The third-order valence-electron chi connectivity index (χ3n) is 24.0. The van der Waals surface area contributed by atoms with Gasteiger partial charge in [0.1, 0.15) is 42.3 Å². The van der Waals surface area contributed by atoms with Crippen LogP contribution in [-0.2, 0) is 106 Å². The van der Waals surface area contributed by atoms with E-state index < -0.39 is 131 Å². The molecule has 0 aliphatic carbocycles. The molecule has 9 atom stereocenters. The number of amides is 13. The molecule has 13 amide bonds. The average molecular weight is 1970 g/mol. The summed E-state index contributed by atoms with van der Waals surface area (Å²) in [5, 5.41) is 58.2. The number of para-hydroxylation sites is 1. The number of thioether (sulfide) groups is 1. The SMILES string of the molecule is CCCCCCN(C(=O)C(C=NC(=O)C1CCCCN1CCO)CCC)[C@H](C[C@@H](OCC)C1NC(C(=O)N[C@@H](Cc2ccc(NC(=O)CNC(=O)OCc3ccc(NC(=O)[C@H](CCCNC(N)=O)NC(=O)[C@@H](NC(=O)[C@H](CCC(=O)O)NC(=O)CCOCCOCCOCCOCCNC(=O)CCC(=O)N4Cc5ccccc5/C=C\c5ccccc54)C(C)C)cc3)cc2)CC(C)(C)C(=O)O)=CS1)C(C)C. The minimum Gasteiger partial charge on any atom is -0.481 e. The van der Waals surface area contributed by atoms with Crippen LogP contribution in [-0.4, -0.2) is 268 Å². The maximum atomic E-state index is 15.0. The summed E-state index contributed by atoms with van der Waals surface area (Å²) >= 11 is 1.39. The Bertz CT molecular complexity index is 4750. The van der Waals surface area contributed by atoms with Crippen molar-refractivity contribution < 1.29 is 111 Å². The maximum Gasteiger partial charge on any atom is 0.407 e. The number of anilines is 3. The van der Waals surface area contributed by atoms with Crippen molar-refractivity contribution in [2.45, 2.75) is 245 Å². The largest absolute Gasteiger partial charge is 0.481 e. The zero-order chi connectivity index (χ0) is 102. The molecule has 3 heterocycles. The number of primary amides is 1. The Morgan fingerprint density at radius 2 is 1.29 bits per heavy atom. The van der Waals surface area contributed by atoms with Crippen LogP contribution in [0.25, 0.3) is 12.2 Å². The first-order chi connectivity index (χ1) is 67.2. The maximum absolute atomic E-state index is 15.0. The Balaban J connectivity index is 0.809. The first kappa shape index (κ1) is 115. The molecule has 4 aromatic carbocycles. The lowest BCUT2D eigenvalue weighted by atomic mass is 9.84. The smallest absolute Gasteiger partial charge is 0.407 e. The van der Waals surface area contributed by atoms with Crippen molar-refractivity contribution in [1.82, 2.24) is 52.3 Å². The first-order valence-corrected chi connectivity index (χ1v) is 49.7. The fourth-order valence-electron chi connectivity index (χ4n) is 16.3. The van der Waals surface area contributed by atoms with E-state index in [4.69, 9.17) is 34.2 Å². The Labute approximate surface area is 825 Å². The summed E-state index contributed by atoms with van der Waals surface area (Å²) in [4.78, 5) is 196. The van der Waals surface area contributed by atoms with Crippen molar-refractivity contribution in [1.29, 1.82) is 0 Å². The molecule has 15 N–H and O–H groups in total. The minimum absolute atomic E-state index is 0.0168. The molecule has 0 radical (unpaired) electrons. The number of alkyl carbamates (subject to hydrolysis) is 1. The molecule has 140 heavy (non-hydrogen) atoms. The number of urea groups is 1. The Hall–Kier alpha value is -11.7. The van der Waals surface area contributed by atoms with Gasteiger partial charge in [0, 0.05) is 93.6 Å². The molecular formula is C101H147N15O23S. The van der Waals surface area contributed by atoms with Crippen LogP contribution in [0.3, 0.4) is 0 Å². The van der Waals surface area contributed by atoms with Crippen LogP contribution < -0.4 is 63.8 Å². The van der Waals surface area contributed by atoms with Crippen molar-refractivity contribution in [3.8, 4) is 0 Å². The summed E-state index contributed by atoms with van der Waals surface area (Å²) in [6.07, 6.45) is 11.3. The highest BCUT2D eigenvalue weighted by atomic mass is 32.2. The number of aliphatic imine (C=N–C) groups is 1. The van der Waals surface area contributed by atoms with Crippen molar-refractivity contribution >= 4 is 130 Å². The number of aliphatic carboxylic acids is 2. The molecule has 39 heteroatoms. The second-order valence-electron chi connectivity index (χ2n) is 36.2. The van der Waals surface area contributed by atoms with Crippen LogP contribution in [0.4, 0.5) is 26.7 Å². The van der Waals surface area contributed by atoms with E-state index in [-0.39, 0.29) is 177 Å². The zero-order valence-electron chi connectivity index (χ0n) is 82.3. The molecule has 4 aromatic rings. The number of likely N-dealkylation sites (tertiary alicyclic amines) is 1. The van der Waals surface area contributed by atoms with E-state index in [1.165, 1.54) is 23.9 Å². The molecule has 38 nitrogen and oxygen atoms in total. The number of nitrogens with zero attached hydrogens (tertiary/aromatic N) is 4. The predicted octanol–water partition coefficient (Wildman–Crippen LogP) is 9.11. The number of fused-ring (bicyclic) bond motifs is 2. The molecule has 7 rings (SSSR count). The van der Waals surface area contributed by atoms with Gasteiger partial charge in [0.05, 0.1) is 95.2 Å². The van der Waals surface area contributed by atoms with Gasteiger partial charge in [0.2, 0.25) is 47.3 Å². The van der Waals surface area contributed by atoms with Gasteiger partial charge in [-0.25, -0.2) is 14.6 Å². The number of benzene rings is 4. The molecule has 770 valence electrons. The second kappa shape index (κ2) is 62.5. The van der Waals surface area contributed by atoms with Gasteiger partial charge in [0.15, 0.2) is 0 Å². The van der Waals surface area contributed by atoms with Crippen LogP contribution in [0, 0.1) is 23.2 Å². The van der Waals surface area contributed by atoms with Gasteiger partial charge in [-0.15, -0.1) is 11.8 Å². The van der Waals surface area contributed by atoms with E-state index in [0.717, 1.165) is 60.9 Å². The number of piperidine rings is 1. The number of carbonyl (C=O) groups is 14. The van der Waals surface area contributed by atoms with Gasteiger partial charge in [-0.3, -0.25) is 62.4 Å². The number of aliphatic hydroxyl groups is 1. The molecule has 0 aromatic heterocycles. The topological polar surface area (TPSA) is 523 Å². The van der Waals surface area contributed by atoms with E-state index in [1.807, 2.05) is 84.3 Å². The Morgan fingerprint density at radius 3 is 1.95 bits per heavy atom. The first-order valence-electron chi connectivity index (χ1n) is 48.8. The number of nitrogens with one attached hydrogen (secondary N) is 10. The summed E-state index contributed by atoms with van der Waals surface area (Å²) in [6.45, 7) is 19.8. The molecular weight excluding hydrogens is 1820 g/mol. The number of carboxylic acid groups (broad SMARTS) is 2. The highest BCUT2D eigenvalue weighted by Gasteiger charge is 2.40. The monoisotopic (exact) mass is 1970 g/mol. The van der Waals surface area contributed by atoms with E-state index in [0.29, 0.717) is 75.3 Å². The third kappa shape index (κ3) is 41.2. The fourth-order valence-corrected chi connectivity index (χ4v) is 17.3. The number of nitrogens with two attached hydrogens (primary N) is 1. The number of hydrogen-bond acceptors (Lipinski definition) is 24. The minimum atomic E-state index is -1.40. The fraction of sp³-hybridized carbons (Fsp3) is 0.574. The molecule has 3 aliphatic rings. The quantitative estimate of drug-likeness (QED) is 0.0145. The lowest BCUT2D eigenvalue weighted by Gasteiger charge is -2.39. The highest BCUT2D eigenvalue weighted by molar-refractivity contribution is 8.03. The van der Waals surface area contributed by atoms with Gasteiger partial charge in [-0.2, -0.15) is 0 Å². The number of β-amino-alcohol motifs (C(OH)–C–C–N with tert-alkyl or cyclic N) is 1. The van der Waals surface area contributed by atoms with E-state index >= 15 is 0 Å². The van der Waals surface area contributed by atoms with Crippen LogP contribution in [0.2, 0.25) is 0 Å². The van der Waals surface area contributed by atoms with Crippen molar-refractivity contribution in [2.75, 3.05) is 121 Å². The van der Waals surface area contributed by atoms with E-state index in [2.05, 4.69) is 78.9 Å². The number of hydrogen-bond donors (Lipinski definition) is 14. The lowest BCUT2D eigenvalue weighted by molar-refractivity contribution is -0.148. The third-order valence-corrected chi connectivity index (χ3v) is 25.0. The normalized spacial score (nSPS) is 15.9. The summed E-state index contributed by atoms with van der Waals surface area (Å²) in [5.74, 6) is -8.48. The summed E-state index contributed by atoms with van der Waals surface area (Å²) in [6, 6.07) is 22.2. The summed E-state index contributed by atoms with van der Waals surface area (Å²) in [7, 11) is 0. The molecule has 0 bridgehead atoms. The number of ether oxygens (including phenoxy) is 6. The highest BCUT2D eigenvalue weighted by Crippen LogP contribution is 2.34. The predicted molar refractivity (Wildman–Crippen MR) is 533 cm³/mol.